The standard InChI is InChI=1S/C13H12F3NOS2/c1-8(2)20-12-11(17-7-19-12)9-3-5-10(6-4-9)18-13(14,15)16/h3-8H,1-2H3. The maximum absolute atomic E-state index is 12.1. The minimum absolute atomic E-state index is 0.227. The highest BCUT2D eigenvalue weighted by Crippen LogP contribution is 2.36. The molecule has 0 aliphatic heterocycles. The lowest BCUT2D eigenvalue weighted by molar-refractivity contribution is -0.274. The van der Waals surface area contributed by atoms with Crippen molar-refractivity contribution in [1.82, 2.24) is 4.98 Å². The monoisotopic (exact) mass is 319 g/mol. The molecule has 1 aromatic heterocycles. The highest BCUT2D eigenvalue weighted by Gasteiger charge is 2.31. The van der Waals surface area contributed by atoms with Crippen LogP contribution in [0.2, 0.25) is 0 Å². The average Bonchev–Trinajstić information content (AvgIpc) is 2.75. The van der Waals surface area contributed by atoms with Gasteiger partial charge < -0.3 is 4.74 Å². The Morgan fingerprint density at radius 3 is 2.40 bits per heavy atom. The van der Waals surface area contributed by atoms with Crippen LogP contribution in [0.5, 0.6) is 5.75 Å². The molecule has 0 bridgehead atoms. The van der Waals surface area contributed by atoms with Crippen LogP contribution in [0.3, 0.4) is 0 Å². The van der Waals surface area contributed by atoms with Crippen LogP contribution >= 0.6 is 23.1 Å². The van der Waals surface area contributed by atoms with Crippen LogP contribution in [-0.4, -0.2) is 16.6 Å². The number of benzene rings is 1. The minimum Gasteiger partial charge on any atom is -0.406 e. The van der Waals surface area contributed by atoms with Gasteiger partial charge in [-0.25, -0.2) is 4.98 Å². The molecular weight excluding hydrogens is 307 g/mol. The number of thioether (sulfide) groups is 1. The van der Waals surface area contributed by atoms with Gasteiger partial charge in [0.25, 0.3) is 0 Å². The fraction of sp³-hybridized carbons (Fsp3) is 0.308. The summed E-state index contributed by atoms with van der Waals surface area (Å²) in [4.78, 5) is 4.28. The zero-order valence-electron chi connectivity index (χ0n) is 10.8. The number of ether oxygens (including phenoxy) is 1. The first-order valence-corrected chi connectivity index (χ1v) is 7.57. The van der Waals surface area contributed by atoms with Crippen molar-refractivity contribution in [3.8, 4) is 17.0 Å². The van der Waals surface area contributed by atoms with E-state index in [9.17, 15) is 13.2 Å². The Morgan fingerprint density at radius 1 is 1.20 bits per heavy atom. The summed E-state index contributed by atoms with van der Waals surface area (Å²) in [5.74, 6) is -0.227. The predicted octanol–water partition coefficient (Wildman–Crippen LogP) is 5.21. The third-order valence-corrected chi connectivity index (χ3v) is 4.31. The Morgan fingerprint density at radius 2 is 1.85 bits per heavy atom. The Balaban J connectivity index is 2.20. The SMILES string of the molecule is CC(C)Sc1scnc1-c1ccc(OC(F)(F)F)cc1. The van der Waals surface area contributed by atoms with E-state index in [1.54, 1.807) is 29.4 Å². The fourth-order valence-electron chi connectivity index (χ4n) is 1.54. The molecule has 0 aliphatic carbocycles. The van der Waals surface area contributed by atoms with Gasteiger partial charge in [-0.15, -0.1) is 36.3 Å². The summed E-state index contributed by atoms with van der Waals surface area (Å²) in [6, 6.07) is 5.76. The Hall–Kier alpha value is -1.21. The van der Waals surface area contributed by atoms with E-state index in [1.807, 2.05) is 0 Å². The minimum atomic E-state index is -4.67. The van der Waals surface area contributed by atoms with E-state index in [0.29, 0.717) is 5.25 Å². The van der Waals surface area contributed by atoms with Crippen LogP contribution in [0.15, 0.2) is 34.0 Å². The molecule has 108 valence electrons. The highest BCUT2D eigenvalue weighted by molar-refractivity contribution is 8.01. The van der Waals surface area contributed by atoms with Gasteiger partial charge in [0.15, 0.2) is 0 Å². The molecule has 0 unspecified atom stereocenters. The summed E-state index contributed by atoms with van der Waals surface area (Å²) < 4.78 is 41.2. The van der Waals surface area contributed by atoms with Crippen molar-refractivity contribution >= 4 is 23.1 Å². The number of hydrogen-bond acceptors (Lipinski definition) is 4. The van der Waals surface area contributed by atoms with Gasteiger partial charge in [-0.05, 0) is 24.3 Å². The second kappa shape index (κ2) is 6.05. The summed E-state index contributed by atoms with van der Waals surface area (Å²) in [6.45, 7) is 4.16. The largest absolute Gasteiger partial charge is 0.573 e. The van der Waals surface area contributed by atoms with Crippen LogP contribution in [-0.2, 0) is 0 Å². The van der Waals surface area contributed by atoms with Gasteiger partial charge >= 0.3 is 6.36 Å². The molecule has 0 spiro atoms. The molecule has 0 N–H and O–H groups in total. The third-order valence-electron chi connectivity index (χ3n) is 2.24. The van der Waals surface area contributed by atoms with Crippen LogP contribution in [0.4, 0.5) is 13.2 Å². The smallest absolute Gasteiger partial charge is 0.406 e. The lowest BCUT2D eigenvalue weighted by atomic mass is 10.2. The van der Waals surface area contributed by atoms with Crippen LogP contribution in [0.25, 0.3) is 11.3 Å². The molecule has 2 nitrogen and oxygen atoms in total. The number of hydrogen-bond donors (Lipinski definition) is 0. The quantitative estimate of drug-likeness (QED) is 0.722. The molecule has 0 saturated carbocycles. The van der Waals surface area contributed by atoms with Gasteiger partial charge in [0.1, 0.15) is 5.75 Å². The average molecular weight is 319 g/mol. The molecule has 1 aromatic carbocycles. The fourth-order valence-corrected chi connectivity index (χ4v) is 3.72. The number of aromatic nitrogens is 1. The first-order valence-electron chi connectivity index (χ1n) is 5.81. The zero-order chi connectivity index (χ0) is 14.8. The van der Waals surface area contributed by atoms with Gasteiger partial charge in [0.2, 0.25) is 0 Å². The second-order valence-corrected chi connectivity index (χ2v) is 6.93. The number of thiazole rings is 1. The van der Waals surface area contributed by atoms with Gasteiger partial charge in [-0.1, -0.05) is 13.8 Å². The van der Waals surface area contributed by atoms with Crippen molar-refractivity contribution in [1.29, 1.82) is 0 Å². The summed E-state index contributed by atoms with van der Waals surface area (Å²) in [7, 11) is 0. The van der Waals surface area contributed by atoms with E-state index >= 15 is 0 Å². The molecule has 7 heteroatoms. The van der Waals surface area contributed by atoms with Crippen molar-refractivity contribution in [3.05, 3.63) is 29.8 Å². The molecule has 0 saturated heterocycles. The van der Waals surface area contributed by atoms with Crippen molar-refractivity contribution < 1.29 is 17.9 Å². The topological polar surface area (TPSA) is 22.1 Å². The van der Waals surface area contributed by atoms with Gasteiger partial charge in [0.05, 0.1) is 15.4 Å². The number of alkyl halides is 3. The maximum atomic E-state index is 12.1. The molecule has 2 rings (SSSR count). The lowest BCUT2D eigenvalue weighted by Gasteiger charge is -2.09. The predicted molar refractivity (Wildman–Crippen MR) is 75.2 cm³/mol. The summed E-state index contributed by atoms with van der Waals surface area (Å²) in [6.07, 6.45) is -4.67. The summed E-state index contributed by atoms with van der Waals surface area (Å²) in [5.41, 5.74) is 3.32. The Bertz CT molecular complexity index is 564. The molecule has 2 aromatic rings. The van der Waals surface area contributed by atoms with Gasteiger partial charge in [-0.2, -0.15) is 0 Å². The van der Waals surface area contributed by atoms with E-state index in [0.717, 1.165) is 15.5 Å². The zero-order valence-corrected chi connectivity index (χ0v) is 12.4. The van der Waals surface area contributed by atoms with E-state index in [2.05, 4.69) is 23.6 Å². The molecule has 1 heterocycles. The molecule has 0 radical (unpaired) electrons. The van der Waals surface area contributed by atoms with Crippen LogP contribution < -0.4 is 4.74 Å². The second-order valence-electron chi connectivity index (χ2n) is 4.23. The Labute approximate surface area is 123 Å². The number of rotatable bonds is 4. The summed E-state index contributed by atoms with van der Waals surface area (Å²) >= 11 is 3.21. The van der Waals surface area contributed by atoms with E-state index in [4.69, 9.17) is 0 Å². The number of nitrogens with zero attached hydrogens (tertiary/aromatic N) is 1. The molecule has 0 atom stereocenters. The Kier molecular flexibility index (Phi) is 4.59. The molecule has 0 fully saturated rings. The van der Waals surface area contributed by atoms with Crippen molar-refractivity contribution in [2.45, 2.75) is 29.7 Å². The van der Waals surface area contributed by atoms with E-state index in [1.165, 1.54) is 23.5 Å². The third kappa shape index (κ3) is 4.14. The maximum Gasteiger partial charge on any atom is 0.573 e. The van der Waals surface area contributed by atoms with E-state index < -0.39 is 6.36 Å². The lowest BCUT2D eigenvalue weighted by Crippen LogP contribution is -2.16. The normalized spacial score (nSPS) is 11.9. The van der Waals surface area contributed by atoms with Crippen LogP contribution in [0, 0.1) is 0 Å². The number of halogens is 3. The van der Waals surface area contributed by atoms with Crippen molar-refractivity contribution in [2.24, 2.45) is 0 Å². The molecule has 0 amide bonds. The van der Waals surface area contributed by atoms with Gasteiger partial charge in [-0.3, -0.25) is 0 Å². The van der Waals surface area contributed by atoms with E-state index in [-0.39, 0.29) is 5.75 Å². The van der Waals surface area contributed by atoms with Crippen molar-refractivity contribution in [3.63, 3.8) is 0 Å². The van der Waals surface area contributed by atoms with Gasteiger partial charge in [0, 0.05) is 10.8 Å². The molecular formula is C13H12F3NOS2. The summed E-state index contributed by atoms with van der Waals surface area (Å²) in [5, 5.41) is 0.419. The first-order chi connectivity index (χ1) is 9.35. The molecule has 20 heavy (non-hydrogen) atoms. The van der Waals surface area contributed by atoms with Crippen LogP contribution in [0.1, 0.15) is 13.8 Å². The first kappa shape index (κ1) is 15.2. The highest BCUT2D eigenvalue weighted by atomic mass is 32.2. The van der Waals surface area contributed by atoms with Crippen molar-refractivity contribution in [2.75, 3.05) is 0 Å². The molecule has 0 aliphatic rings.